The average Bonchev–Trinajstić information content (AvgIpc) is 3.07. The minimum Gasteiger partial charge on any atom is -0.550 e. The predicted molar refractivity (Wildman–Crippen MR) is 93.4 cm³/mol. The van der Waals surface area contributed by atoms with E-state index in [9.17, 15) is 15.0 Å². The molecule has 24 heavy (non-hydrogen) atoms. The van der Waals surface area contributed by atoms with Gasteiger partial charge in [0.1, 0.15) is 5.75 Å². The van der Waals surface area contributed by atoms with Crippen LogP contribution in [-0.4, -0.2) is 29.0 Å². The number of allylic oxidation sites excluding steroid dienone is 1. The van der Waals surface area contributed by atoms with Gasteiger partial charge in [0, 0.05) is 42.4 Å². The molecule has 0 radical (unpaired) electrons. The zero-order valence-corrected chi connectivity index (χ0v) is 14.3. The Kier molecular flexibility index (Phi) is 4.50. The van der Waals surface area contributed by atoms with Crippen molar-refractivity contribution in [2.24, 2.45) is 4.99 Å². The van der Waals surface area contributed by atoms with Gasteiger partial charge in [-0.1, -0.05) is 0 Å². The van der Waals surface area contributed by atoms with E-state index in [-0.39, 0.29) is 18.8 Å². The number of hydrogen-bond acceptors (Lipinski definition) is 7. The highest BCUT2D eigenvalue weighted by molar-refractivity contribution is 7.73. The van der Waals surface area contributed by atoms with Crippen LogP contribution in [0.2, 0.25) is 0 Å². The highest BCUT2D eigenvalue weighted by atomic mass is 32.1. The van der Waals surface area contributed by atoms with Crippen LogP contribution in [0.25, 0.3) is 11.6 Å². The first kappa shape index (κ1) is 16.4. The molecule has 1 aromatic heterocycles. The molecule has 0 saturated carbocycles. The first-order valence-electron chi connectivity index (χ1n) is 7.06. The third-order valence-electron chi connectivity index (χ3n) is 3.58. The molecule has 0 unspecified atom stereocenters. The summed E-state index contributed by atoms with van der Waals surface area (Å²) in [6.45, 7) is 0.0779. The lowest BCUT2D eigenvalue weighted by Crippen LogP contribution is -2.23. The van der Waals surface area contributed by atoms with E-state index in [2.05, 4.69) is 4.99 Å². The number of rotatable bonds is 5. The van der Waals surface area contributed by atoms with E-state index in [1.54, 1.807) is 19.4 Å². The number of methoxy groups -OCH3 is 1. The number of carboxylic acid groups (broad SMARTS) is 1. The number of ether oxygens (including phenoxy) is 1. The normalized spacial score (nSPS) is 14.1. The third kappa shape index (κ3) is 3.10. The van der Waals surface area contributed by atoms with Crippen LogP contribution in [-0.2, 0) is 11.3 Å². The summed E-state index contributed by atoms with van der Waals surface area (Å²) in [5.74, 6) is -0.513. The fraction of sp³-hybridized carbons (Fsp3) is 0.188. The second kappa shape index (κ2) is 6.58. The summed E-state index contributed by atoms with van der Waals surface area (Å²) >= 11 is 6.41. The van der Waals surface area contributed by atoms with E-state index in [4.69, 9.17) is 17.0 Å². The van der Waals surface area contributed by atoms with Crippen LogP contribution in [0.5, 0.6) is 11.6 Å². The lowest BCUT2D eigenvalue weighted by atomic mass is 10.1. The summed E-state index contributed by atoms with van der Waals surface area (Å²) in [7, 11) is 1.59. The molecular weight excluding hydrogens is 348 g/mol. The number of carbonyl (C=O) groups excluding carboxylic acids is 1. The average molecular weight is 361 g/mol. The molecule has 6 nitrogen and oxygen atoms in total. The second-order valence-corrected chi connectivity index (χ2v) is 6.75. The molecule has 0 bridgehead atoms. The third-order valence-corrected chi connectivity index (χ3v) is 4.96. The van der Waals surface area contributed by atoms with Gasteiger partial charge in [-0.3, -0.25) is 9.56 Å². The SMILES string of the molecule is COc1ccc2c(c1)N=C/C2=C\c1sc(=S)n(CCC(=O)[O-])c1O. The van der Waals surface area contributed by atoms with E-state index < -0.39 is 5.97 Å². The van der Waals surface area contributed by atoms with Crippen molar-refractivity contribution in [3.63, 3.8) is 0 Å². The largest absolute Gasteiger partial charge is 0.550 e. The van der Waals surface area contributed by atoms with Gasteiger partial charge in [0.25, 0.3) is 0 Å². The van der Waals surface area contributed by atoms with E-state index in [0.717, 1.165) is 22.6 Å². The smallest absolute Gasteiger partial charge is 0.210 e. The van der Waals surface area contributed by atoms with Gasteiger partial charge in [0.05, 0.1) is 17.7 Å². The summed E-state index contributed by atoms with van der Waals surface area (Å²) < 4.78 is 6.98. The van der Waals surface area contributed by atoms with Crippen LogP contribution in [0.1, 0.15) is 16.9 Å². The number of carboxylic acids is 1. The van der Waals surface area contributed by atoms with E-state index in [1.807, 2.05) is 18.2 Å². The van der Waals surface area contributed by atoms with Crippen LogP contribution >= 0.6 is 23.6 Å². The Morgan fingerprint density at radius 1 is 1.54 bits per heavy atom. The fourth-order valence-corrected chi connectivity index (χ4v) is 3.67. The van der Waals surface area contributed by atoms with Gasteiger partial charge in [-0.25, -0.2) is 0 Å². The molecule has 0 aliphatic carbocycles. The monoisotopic (exact) mass is 361 g/mol. The quantitative estimate of drug-likeness (QED) is 0.826. The minimum absolute atomic E-state index is 0.0471. The molecule has 124 valence electrons. The number of thiazole rings is 1. The summed E-state index contributed by atoms with van der Waals surface area (Å²) in [5, 5.41) is 20.9. The summed E-state index contributed by atoms with van der Waals surface area (Å²) in [4.78, 5) is 15.5. The Bertz CT molecular complexity index is 925. The maximum Gasteiger partial charge on any atom is 0.210 e. The number of benzene rings is 1. The Morgan fingerprint density at radius 3 is 3.04 bits per heavy atom. The molecule has 1 aliphatic heterocycles. The van der Waals surface area contributed by atoms with Crippen LogP contribution in [0.15, 0.2) is 23.2 Å². The number of carbonyl (C=O) groups is 1. The molecule has 2 aromatic rings. The summed E-state index contributed by atoms with van der Waals surface area (Å²) in [6.07, 6.45) is 3.28. The van der Waals surface area contributed by atoms with Crippen molar-refractivity contribution < 1.29 is 19.7 Å². The molecule has 0 fully saturated rings. The van der Waals surface area contributed by atoms with Gasteiger partial charge < -0.3 is 19.7 Å². The maximum atomic E-state index is 10.6. The van der Waals surface area contributed by atoms with Gasteiger partial charge in [-0.2, -0.15) is 0 Å². The van der Waals surface area contributed by atoms with Gasteiger partial charge in [0.2, 0.25) is 5.88 Å². The van der Waals surface area contributed by atoms with Crippen LogP contribution in [0.3, 0.4) is 0 Å². The molecule has 3 rings (SSSR count). The molecule has 0 saturated heterocycles. The first-order chi connectivity index (χ1) is 11.5. The molecule has 2 heterocycles. The molecule has 1 aliphatic rings. The maximum absolute atomic E-state index is 10.6. The molecule has 1 N–H and O–H groups in total. The van der Waals surface area contributed by atoms with Gasteiger partial charge in [0.15, 0.2) is 3.95 Å². The number of aliphatic carboxylic acids is 1. The first-order valence-corrected chi connectivity index (χ1v) is 8.28. The van der Waals surface area contributed by atoms with E-state index in [1.165, 1.54) is 15.9 Å². The molecular formula is C16H13N2O4S2-. The van der Waals surface area contributed by atoms with Gasteiger partial charge in [-0.05, 0) is 30.4 Å². The zero-order chi connectivity index (χ0) is 17.3. The number of aliphatic imine (C=N–C) groups is 1. The van der Waals surface area contributed by atoms with Crippen molar-refractivity contribution in [1.29, 1.82) is 0 Å². The number of nitrogens with zero attached hydrogens (tertiary/aromatic N) is 2. The number of fused-ring (bicyclic) bond motifs is 1. The van der Waals surface area contributed by atoms with Gasteiger partial charge >= 0.3 is 0 Å². The number of hydrogen-bond donors (Lipinski definition) is 1. The van der Waals surface area contributed by atoms with Crippen LogP contribution in [0, 0.1) is 3.95 Å². The Hall–Kier alpha value is -2.45. The molecule has 0 spiro atoms. The lowest BCUT2D eigenvalue weighted by molar-refractivity contribution is -0.305. The standard InChI is InChI=1S/C16H14N2O4S2/c1-22-10-2-3-11-9(8-17-12(11)7-10)6-13-15(21)18(16(23)24-13)5-4-14(19)20/h2-3,6-8,21H,4-5H2,1H3,(H,19,20)/p-1/b9-6+. The fourth-order valence-electron chi connectivity index (χ4n) is 2.36. The molecule has 1 aromatic carbocycles. The highest BCUT2D eigenvalue weighted by Crippen LogP contribution is 2.37. The molecule has 8 heteroatoms. The van der Waals surface area contributed by atoms with Crippen molar-refractivity contribution in [3.05, 3.63) is 32.6 Å². The lowest BCUT2D eigenvalue weighted by Gasteiger charge is -2.05. The van der Waals surface area contributed by atoms with Crippen molar-refractivity contribution >= 4 is 53.1 Å². The Morgan fingerprint density at radius 2 is 2.33 bits per heavy atom. The highest BCUT2D eigenvalue weighted by Gasteiger charge is 2.16. The predicted octanol–water partition coefficient (Wildman–Crippen LogP) is 2.39. The van der Waals surface area contributed by atoms with Crippen molar-refractivity contribution in [1.82, 2.24) is 4.57 Å². The molecule has 0 atom stereocenters. The zero-order valence-electron chi connectivity index (χ0n) is 12.7. The Labute approximate surface area is 147 Å². The summed E-state index contributed by atoms with van der Waals surface area (Å²) in [6, 6.07) is 5.57. The van der Waals surface area contributed by atoms with E-state index >= 15 is 0 Å². The van der Waals surface area contributed by atoms with Crippen molar-refractivity contribution in [3.8, 4) is 11.6 Å². The van der Waals surface area contributed by atoms with Crippen molar-refractivity contribution in [2.75, 3.05) is 7.11 Å². The summed E-state index contributed by atoms with van der Waals surface area (Å²) in [5.41, 5.74) is 2.56. The van der Waals surface area contributed by atoms with Crippen molar-refractivity contribution in [2.45, 2.75) is 13.0 Å². The van der Waals surface area contributed by atoms with Crippen LogP contribution < -0.4 is 9.84 Å². The molecule has 0 amide bonds. The topological polar surface area (TPSA) is 86.9 Å². The number of aromatic nitrogens is 1. The Balaban J connectivity index is 1.94. The van der Waals surface area contributed by atoms with E-state index in [0.29, 0.717) is 8.83 Å². The second-order valence-electron chi connectivity index (χ2n) is 5.07. The van der Waals surface area contributed by atoms with Crippen LogP contribution in [0.4, 0.5) is 5.69 Å². The minimum atomic E-state index is -1.19. The number of aromatic hydroxyl groups is 1. The van der Waals surface area contributed by atoms with Gasteiger partial charge in [-0.15, -0.1) is 11.3 Å².